The third-order valence-electron chi connectivity index (χ3n) is 1.98. The lowest BCUT2D eigenvalue weighted by atomic mass is 10.2. The number of carboxylic acid groups (broad SMARTS) is 1. The van der Waals surface area contributed by atoms with E-state index in [0.29, 0.717) is 0 Å². The Bertz CT molecular complexity index is 302. The van der Waals surface area contributed by atoms with E-state index in [1.807, 2.05) is 0 Å². The molecule has 0 aliphatic carbocycles. The molecule has 0 aromatic heterocycles. The highest BCUT2D eigenvalue weighted by Crippen LogP contribution is 2.01. The van der Waals surface area contributed by atoms with E-state index in [0.717, 1.165) is 0 Å². The van der Waals surface area contributed by atoms with Crippen LogP contribution in [0.1, 0.15) is 13.8 Å². The number of carbonyl (C=O) groups excluding carboxylic acids is 1. The summed E-state index contributed by atoms with van der Waals surface area (Å²) in [6.07, 6.45) is 1.49. The maximum atomic E-state index is 11.3. The second kappa shape index (κ2) is 8.43. The highest BCUT2D eigenvalue weighted by atomic mass is 16.5. The first-order valence-electron chi connectivity index (χ1n) is 5.32. The average Bonchev–Trinajstić information content (AvgIpc) is 2.30. The Hall–Kier alpha value is -1.72. The van der Waals surface area contributed by atoms with Crippen LogP contribution in [0, 0.1) is 11.8 Å². The molecular formula is C11H18N2O4. The summed E-state index contributed by atoms with van der Waals surface area (Å²) >= 11 is 0. The van der Waals surface area contributed by atoms with Crippen LogP contribution in [0.2, 0.25) is 0 Å². The van der Waals surface area contributed by atoms with Crippen LogP contribution in [-0.2, 0) is 14.3 Å². The molecule has 1 N–H and O–H groups in total. The summed E-state index contributed by atoms with van der Waals surface area (Å²) in [7, 11) is 0. The standard InChI is InChI=1S/C11H18N2O4/c1-4-5-17-11(16)9(3)7-13-12-6-8(2)10(14)15/h4,8-9H,1,5-7H2,2-3H3,(H,14,15). The Morgan fingerprint density at radius 2 is 1.82 bits per heavy atom. The SMILES string of the molecule is C=CCOC(=O)C(C)CN=NCC(C)C(=O)O. The number of aliphatic carboxylic acids is 1. The second-order valence-corrected chi connectivity index (χ2v) is 3.71. The van der Waals surface area contributed by atoms with Crippen molar-refractivity contribution in [2.24, 2.45) is 22.1 Å². The Kier molecular flexibility index (Phi) is 7.58. The number of esters is 1. The van der Waals surface area contributed by atoms with E-state index in [1.165, 1.54) is 6.08 Å². The van der Waals surface area contributed by atoms with E-state index in [4.69, 9.17) is 9.84 Å². The normalized spacial score (nSPS) is 14.2. The summed E-state index contributed by atoms with van der Waals surface area (Å²) in [6, 6.07) is 0. The van der Waals surface area contributed by atoms with Crippen molar-refractivity contribution >= 4 is 11.9 Å². The summed E-state index contributed by atoms with van der Waals surface area (Å²) in [6.45, 7) is 7.13. The van der Waals surface area contributed by atoms with Crippen molar-refractivity contribution in [1.82, 2.24) is 0 Å². The van der Waals surface area contributed by atoms with E-state index in [-0.39, 0.29) is 31.6 Å². The smallest absolute Gasteiger partial charge is 0.310 e. The molecule has 96 valence electrons. The van der Waals surface area contributed by atoms with Crippen molar-refractivity contribution < 1.29 is 19.4 Å². The minimum atomic E-state index is -0.914. The van der Waals surface area contributed by atoms with Gasteiger partial charge in [0, 0.05) is 0 Å². The van der Waals surface area contributed by atoms with Gasteiger partial charge >= 0.3 is 11.9 Å². The topological polar surface area (TPSA) is 88.3 Å². The average molecular weight is 242 g/mol. The minimum Gasteiger partial charge on any atom is -0.481 e. The highest BCUT2D eigenvalue weighted by molar-refractivity contribution is 5.72. The predicted octanol–water partition coefficient (Wildman–Crippen LogP) is 1.52. The number of nitrogens with zero attached hydrogens (tertiary/aromatic N) is 2. The molecular weight excluding hydrogens is 224 g/mol. The van der Waals surface area contributed by atoms with Gasteiger partial charge in [0.05, 0.1) is 24.9 Å². The zero-order valence-corrected chi connectivity index (χ0v) is 10.1. The molecule has 0 rings (SSSR count). The molecule has 0 aliphatic rings. The van der Waals surface area contributed by atoms with Gasteiger partial charge in [-0.15, -0.1) is 0 Å². The van der Waals surface area contributed by atoms with Gasteiger partial charge in [-0.05, 0) is 0 Å². The van der Waals surface area contributed by atoms with E-state index >= 15 is 0 Å². The first kappa shape index (κ1) is 15.3. The van der Waals surface area contributed by atoms with Crippen LogP contribution in [-0.4, -0.2) is 36.7 Å². The number of rotatable bonds is 8. The molecule has 0 fully saturated rings. The zero-order valence-electron chi connectivity index (χ0n) is 10.1. The number of carboxylic acids is 1. The number of ether oxygens (including phenoxy) is 1. The van der Waals surface area contributed by atoms with Crippen molar-refractivity contribution in [1.29, 1.82) is 0 Å². The Labute approximate surface area is 100 Å². The molecule has 0 aromatic carbocycles. The fraction of sp³-hybridized carbons (Fsp3) is 0.636. The van der Waals surface area contributed by atoms with Crippen molar-refractivity contribution in [3.8, 4) is 0 Å². The minimum absolute atomic E-state index is 0.115. The van der Waals surface area contributed by atoms with Crippen molar-refractivity contribution in [3.05, 3.63) is 12.7 Å². The molecule has 2 atom stereocenters. The number of azo groups is 1. The van der Waals surface area contributed by atoms with Gasteiger partial charge in [0.25, 0.3) is 0 Å². The quantitative estimate of drug-likeness (QED) is 0.397. The summed E-state index contributed by atoms with van der Waals surface area (Å²) in [4.78, 5) is 21.7. The molecule has 0 spiro atoms. The van der Waals surface area contributed by atoms with Gasteiger partial charge in [0.15, 0.2) is 0 Å². The Morgan fingerprint density at radius 1 is 1.29 bits per heavy atom. The summed E-state index contributed by atoms with van der Waals surface area (Å²) in [5.41, 5.74) is 0. The van der Waals surface area contributed by atoms with Crippen LogP contribution >= 0.6 is 0 Å². The van der Waals surface area contributed by atoms with Crippen LogP contribution in [0.3, 0.4) is 0 Å². The molecule has 0 saturated carbocycles. The molecule has 6 heteroatoms. The van der Waals surface area contributed by atoms with Gasteiger partial charge in [-0.25, -0.2) is 0 Å². The first-order chi connectivity index (χ1) is 7.99. The fourth-order valence-corrected chi connectivity index (χ4v) is 0.796. The van der Waals surface area contributed by atoms with E-state index in [9.17, 15) is 9.59 Å². The third kappa shape index (κ3) is 7.21. The van der Waals surface area contributed by atoms with Gasteiger partial charge in [0.1, 0.15) is 6.61 Å². The van der Waals surface area contributed by atoms with Crippen molar-refractivity contribution in [3.63, 3.8) is 0 Å². The maximum Gasteiger partial charge on any atom is 0.310 e. The maximum absolute atomic E-state index is 11.3. The lowest BCUT2D eigenvalue weighted by Crippen LogP contribution is -2.17. The number of carbonyl (C=O) groups is 2. The lowest BCUT2D eigenvalue weighted by Gasteiger charge is -2.06. The third-order valence-corrected chi connectivity index (χ3v) is 1.98. The lowest BCUT2D eigenvalue weighted by molar-refractivity contribution is -0.146. The van der Waals surface area contributed by atoms with Gasteiger partial charge in [-0.3, -0.25) is 9.59 Å². The van der Waals surface area contributed by atoms with E-state index in [2.05, 4.69) is 16.8 Å². The van der Waals surface area contributed by atoms with Crippen molar-refractivity contribution in [2.45, 2.75) is 13.8 Å². The largest absolute Gasteiger partial charge is 0.481 e. The molecule has 0 aliphatic heterocycles. The molecule has 0 bridgehead atoms. The summed E-state index contributed by atoms with van der Waals surface area (Å²) in [5, 5.41) is 16.1. The van der Waals surface area contributed by atoms with Gasteiger partial charge in [-0.2, -0.15) is 10.2 Å². The Morgan fingerprint density at radius 3 is 2.29 bits per heavy atom. The monoisotopic (exact) mass is 242 g/mol. The predicted molar refractivity (Wildman–Crippen MR) is 61.7 cm³/mol. The molecule has 0 aromatic rings. The highest BCUT2D eigenvalue weighted by Gasteiger charge is 2.13. The van der Waals surface area contributed by atoms with Crippen molar-refractivity contribution in [2.75, 3.05) is 19.7 Å². The fourth-order valence-electron chi connectivity index (χ4n) is 0.796. The van der Waals surface area contributed by atoms with Gasteiger partial charge in [0.2, 0.25) is 0 Å². The molecule has 6 nitrogen and oxygen atoms in total. The van der Waals surface area contributed by atoms with Crippen LogP contribution in [0.25, 0.3) is 0 Å². The molecule has 2 unspecified atom stereocenters. The van der Waals surface area contributed by atoms with E-state index < -0.39 is 11.9 Å². The molecule has 0 saturated heterocycles. The van der Waals surface area contributed by atoms with E-state index in [1.54, 1.807) is 13.8 Å². The van der Waals surface area contributed by atoms with Crippen LogP contribution in [0.15, 0.2) is 22.9 Å². The summed E-state index contributed by atoms with van der Waals surface area (Å²) in [5.74, 6) is -2.24. The molecule has 0 radical (unpaired) electrons. The molecule has 0 heterocycles. The summed E-state index contributed by atoms with van der Waals surface area (Å²) < 4.78 is 4.82. The van der Waals surface area contributed by atoms with Crippen LogP contribution in [0.4, 0.5) is 0 Å². The number of hydrogen-bond donors (Lipinski definition) is 1. The van der Waals surface area contributed by atoms with Gasteiger partial charge in [-0.1, -0.05) is 26.5 Å². The van der Waals surface area contributed by atoms with Crippen LogP contribution < -0.4 is 0 Å². The second-order valence-electron chi connectivity index (χ2n) is 3.71. The van der Waals surface area contributed by atoms with Crippen LogP contribution in [0.5, 0.6) is 0 Å². The van der Waals surface area contributed by atoms with Gasteiger partial charge < -0.3 is 9.84 Å². The number of hydrogen-bond acceptors (Lipinski definition) is 5. The Balaban J connectivity index is 3.86. The molecule has 0 amide bonds. The molecule has 17 heavy (non-hydrogen) atoms. The first-order valence-corrected chi connectivity index (χ1v) is 5.32. The zero-order chi connectivity index (χ0) is 13.3.